The number of nitrogens with zero attached hydrogens (tertiary/aromatic N) is 2. The Morgan fingerprint density at radius 2 is 2.00 bits per heavy atom. The van der Waals surface area contributed by atoms with Gasteiger partial charge in [-0.2, -0.15) is 0 Å². The summed E-state index contributed by atoms with van der Waals surface area (Å²) in [6.07, 6.45) is 3.98. The molecule has 3 aromatic rings. The highest BCUT2D eigenvalue weighted by Gasteiger charge is 2.42. The van der Waals surface area contributed by atoms with E-state index in [1.165, 1.54) is 12.3 Å². The van der Waals surface area contributed by atoms with Gasteiger partial charge in [0.2, 0.25) is 5.91 Å². The molecule has 0 unspecified atom stereocenters. The van der Waals surface area contributed by atoms with Crippen molar-refractivity contribution in [2.45, 2.75) is 31.7 Å². The number of nitrogens with one attached hydrogen (secondary N) is 2. The number of fused-ring (bicyclic) bond motifs is 1. The van der Waals surface area contributed by atoms with E-state index >= 15 is 0 Å². The van der Waals surface area contributed by atoms with E-state index in [-0.39, 0.29) is 29.0 Å². The van der Waals surface area contributed by atoms with Crippen LogP contribution in [0.25, 0.3) is 11.0 Å². The number of hydrogen-bond acceptors (Lipinski definition) is 4. The molecule has 184 valence electrons. The minimum Gasteiger partial charge on any atom is -0.381 e. The Labute approximate surface area is 205 Å². The molecule has 5 rings (SSSR count). The van der Waals surface area contributed by atoms with Crippen LogP contribution in [0.4, 0.5) is 8.78 Å². The molecule has 2 amide bonds. The van der Waals surface area contributed by atoms with Crippen LogP contribution >= 0.6 is 11.6 Å². The average molecular weight is 503 g/mol. The van der Waals surface area contributed by atoms with Gasteiger partial charge in [-0.05, 0) is 48.4 Å². The van der Waals surface area contributed by atoms with E-state index in [9.17, 15) is 18.4 Å². The van der Waals surface area contributed by atoms with Crippen molar-refractivity contribution in [3.8, 4) is 0 Å². The smallest absolute Gasteiger partial charge is 0.268 e. The van der Waals surface area contributed by atoms with Gasteiger partial charge in [0.15, 0.2) is 0 Å². The Balaban J connectivity index is 1.38. The van der Waals surface area contributed by atoms with Crippen LogP contribution in [0.15, 0.2) is 36.5 Å². The quantitative estimate of drug-likeness (QED) is 0.554. The lowest BCUT2D eigenvalue weighted by molar-refractivity contribution is -0.133. The van der Waals surface area contributed by atoms with E-state index in [0.29, 0.717) is 42.4 Å². The first kappa shape index (κ1) is 23.7. The highest BCUT2D eigenvalue weighted by Crippen LogP contribution is 2.40. The Morgan fingerprint density at radius 1 is 1.20 bits per heavy atom. The number of aromatic amines is 1. The largest absolute Gasteiger partial charge is 0.381 e. The molecule has 2 aliphatic heterocycles. The van der Waals surface area contributed by atoms with Crippen molar-refractivity contribution in [2.24, 2.45) is 5.41 Å². The van der Waals surface area contributed by atoms with E-state index < -0.39 is 23.6 Å². The van der Waals surface area contributed by atoms with Crippen molar-refractivity contribution < 1.29 is 23.1 Å². The molecule has 0 radical (unpaired) electrons. The van der Waals surface area contributed by atoms with Gasteiger partial charge < -0.3 is 19.9 Å². The second kappa shape index (κ2) is 9.54. The van der Waals surface area contributed by atoms with Gasteiger partial charge in [0.25, 0.3) is 5.91 Å². The fraction of sp³-hybridized carbons (Fsp3) is 0.400. The molecule has 1 spiro atoms. The van der Waals surface area contributed by atoms with Crippen LogP contribution in [0.2, 0.25) is 5.02 Å². The third kappa shape index (κ3) is 5.01. The standard InChI is InChI=1S/C25H25ClF2N4O3/c26-17-9-16-11-20(30-22(16)29-13-17)23(33)31-21(10-15-1-2-18(27)12-19(15)28)24(34)32-6-3-25(14-32)4-7-35-8-5-25/h1-2,9,11-13,21H,3-8,10,14H2,(H,29,30)(H,31,33)/t21-/m0/s1. The number of likely N-dealkylation sites (tertiary alicyclic amines) is 1. The lowest BCUT2D eigenvalue weighted by Crippen LogP contribution is -2.50. The van der Waals surface area contributed by atoms with Crippen molar-refractivity contribution in [3.05, 3.63) is 64.4 Å². The predicted molar refractivity (Wildman–Crippen MR) is 126 cm³/mol. The Kier molecular flexibility index (Phi) is 6.46. The van der Waals surface area contributed by atoms with E-state index in [1.807, 2.05) is 0 Å². The van der Waals surface area contributed by atoms with Crippen molar-refractivity contribution in [3.63, 3.8) is 0 Å². The number of H-pyrrole nitrogens is 1. The number of halogens is 3. The van der Waals surface area contributed by atoms with Crippen LogP contribution in [-0.4, -0.2) is 59.0 Å². The summed E-state index contributed by atoms with van der Waals surface area (Å²) in [6, 6.07) is 5.46. The molecule has 2 N–H and O–H groups in total. The maximum atomic E-state index is 14.5. The molecule has 2 saturated heterocycles. The van der Waals surface area contributed by atoms with Crippen LogP contribution < -0.4 is 5.32 Å². The first-order valence-corrected chi connectivity index (χ1v) is 12.0. The fourth-order valence-corrected chi connectivity index (χ4v) is 5.18. The van der Waals surface area contributed by atoms with Gasteiger partial charge in [-0.3, -0.25) is 9.59 Å². The van der Waals surface area contributed by atoms with Crippen molar-refractivity contribution in [1.82, 2.24) is 20.2 Å². The zero-order chi connectivity index (χ0) is 24.6. The Bertz CT molecular complexity index is 1270. The molecule has 2 fully saturated rings. The predicted octanol–water partition coefficient (Wildman–Crippen LogP) is 3.86. The van der Waals surface area contributed by atoms with Crippen LogP contribution in [0.5, 0.6) is 0 Å². The van der Waals surface area contributed by atoms with Crippen LogP contribution in [-0.2, 0) is 16.0 Å². The normalized spacial score (nSPS) is 18.2. The number of amides is 2. The maximum Gasteiger partial charge on any atom is 0.268 e. The summed E-state index contributed by atoms with van der Waals surface area (Å²) in [5, 5.41) is 3.84. The monoisotopic (exact) mass is 502 g/mol. The summed E-state index contributed by atoms with van der Waals surface area (Å²) in [5.41, 5.74) is 0.851. The highest BCUT2D eigenvalue weighted by atomic mass is 35.5. The molecular weight excluding hydrogens is 478 g/mol. The van der Waals surface area contributed by atoms with Gasteiger partial charge in [-0.25, -0.2) is 13.8 Å². The number of rotatable bonds is 5. The third-order valence-electron chi connectivity index (χ3n) is 7.03. The topological polar surface area (TPSA) is 87.3 Å². The van der Waals surface area contributed by atoms with E-state index in [2.05, 4.69) is 15.3 Å². The van der Waals surface area contributed by atoms with Gasteiger partial charge in [0.05, 0.1) is 5.02 Å². The molecule has 0 aliphatic carbocycles. The zero-order valence-electron chi connectivity index (χ0n) is 19.0. The van der Waals surface area contributed by atoms with Crippen molar-refractivity contribution >= 4 is 34.4 Å². The van der Waals surface area contributed by atoms with Crippen molar-refractivity contribution in [2.75, 3.05) is 26.3 Å². The molecule has 7 nitrogen and oxygen atoms in total. The third-order valence-corrected chi connectivity index (χ3v) is 7.23. The second-order valence-electron chi connectivity index (χ2n) is 9.36. The van der Waals surface area contributed by atoms with Crippen LogP contribution in [0.1, 0.15) is 35.3 Å². The molecule has 10 heteroatoms. The van der Waals surface area contributed by atoms with Crippen molar-refractivity contribution in [1.29, 1.82) is 0 Å². The first-order valence-electron chi connectivity index (χ1n) is 11.6. The van der Waals surface area contributed by atoms with Crippen LogP contribution in [0.3, 0.4) is 0 Å². The van der Waals surface area contributed by atoms with Gasteiger partial charge in [-0.15, -0.1) is 0 Å². The summed E-state index contributed by atoms with van der Waals surface area (Å²) in [5.74, 6) is -2.28. The van der Waals surface area contributed by atoms with Gasteiger partial charge in [0, 0.05) is 50.4 Å². The summed E-state index contributed by atoms with van der Waals surface area (Å²) in [4.78, 5) is 35.5. The number of hydrogen-bond donors (Lipinski definition) is 2. The molecule has 2 aromatic heterocycles. The SMILES string of the molecule is O=C(N[C@@H](Cc1ccc(F)cc1F)C(=O)N1CCC2(CCOCC2)C1)c1cc2cc(Cl)cnc2[nH]1. The highest BCUT2D eigenvalue weighted by molar-refractivity contribution is 6.31. The number of aromatic nitrogens is 2. The van der Waals surface area contributed by atoms with Gasteiger partial charge in [0.1, 0.15) is 29.0 Å². The Morgan fingerprint density at radius 3 is 2.77 bits per heavy atom. The zero-order valence-corrected chi connectivity index (χ0v) is 19.7. The molecule has 1 atom stereocenters. The molecule has 4 heterocycles. The van der Waals surface area contributed by atoms with E-state index in [1.54, 1.807) is 17.0 Å². The van der Waals surface area contributed by atoms with E-state index in [4.69, 9.17) is 16.3 Å². The summed E-state index contributed by atoms with van der Waals surface area (Å²) in [7, 11) is 0. The average Bonchev–Trinajstić information content (AvgIpc) is 3.44. The number of benzene rings is 1. The lowest BCUT2D eigenvalue weighted by atomic mass is 9.80. The molecular formula is C25H25ClF2N4O3. The van der Waals surface area contributed by atoms with Gasteiger partial charge >= 0.3 is 0 Å². The number of ether oxygens (including phenoxy) is 1. The maximum absolute atomic E-state index is 14.5. The summed E-state index contributed by atoms with van der Waals surface area (Å²) >= 11 is 5.99. The minimum absolute atomic E-state index is 0.0196. The Hall–Kier alpha value is -3.04. The molecule has 2 aliphatic rings. The second-order valence-corrected chi connectivity index (χ2v) is 9.80. The molecule has 35 heavy (non-hydrogen) atoms. The summed E-state index contributed by atoms with van der Waals surface area (Å²) < 4.78 is 33.4. The number of carbonyl (C=O) groups excluding carboxylic acids is 2. The number of pyridine rings is 1. The van der Waals surface area contributed by atoms with Gasteiger partial charge in [-0.1, -0.05) is 17.7 Å². The number of carbonyl (C=O) groups is 2. The summed E-state index contributed by atoms with van der Waals surface area (Å²) in [6.45, 7) is 2.47. The minimum atomic E-state index is -1.03. The molecule has 0 saturated carbocycles. The van der Waals surface area contributed by atoms with E-state index in [0.717, 1.165) is 31.4 Å². The lowest BCUT2D eigenvalue weighted by Gasteiger charge is -2.33. The molecule has 0 bridgehead atoms. The molecule has 1 aromatic carbocycles. The first-order chi connectivity index (χ1) is 16.8. The van der Waals surface area contributed by atoms with Crippen LogP contribution in [0, 0.1) is 17.0 Å². The fourth-order valence-electron chi connectivity index (χ4n) is 5.01.